The summed E-state index contributed by atoms with van der Waals surface area (Å²) < 4.78 is 0. The normalized spacial score (nSPS) is 13.8. The van der Waals surface area contributed by atoms with Crippen LogP contribution >= 0.6 is 0 Å². The molecule has 0 fully saturated rings. The molecule has 0 amide bonds. The average molecular weight is 221 g/mol. The first-order chi connectivity index (χ1) is 7.49. The first-order valence-electron chi connectivity index (χ1n) is 5.87. The third kappa shape index (κ3) is 5.24. The van der Waals surface area contributed by atoms with Crippen LogP contribution < -0.4 is 10.6 Å². The number of hydrogen-bond acceptors (Lipinski definition) is 3. The molecular weight excluding hydrogens is 198 g/mol. The summed E-state index contributed by atoms with van der Waals surface area (Å²) in [7, 11) is 0. The van der Waals surface area contributed by atoms with Crippen molar-refractivity contribution in [1.82, 2.24) is 15.6 Å². The van der Waals surface area contributed by atoms with Gasteiger partial charge in [0.1, 0.15) is 0 Å². The van der Waals surface area contributed by atoms with Gasteiger partial charge in [-0.05, 0) is 45.4 Å². The van der Waals surface area contributed by atoms with Gasteiger partial charge in [-0.3, -0.25) is 4.98 Å². The molecule has 1 heterocycles. The average Bonchev–Trinajstić information content (AvgIpc) is 2.24. The summed E-state index contributed by atoms with van der Waals surface area (Å²) in [5.74, 6) is 0. The largest absolute Gasteiger partial charge is 0.311 e. The molecule has 1 atom stereocenters. The van der Waals surface area contributed by atoms with Crippen molar-refractivity contribution >= 4 is 0 Å². The van der Waals surface area contributed by atoms with Crippen LogP contribution in [0.4, 0.5) is 0 Å². The first kappa shape index (κ1) is 13.1. The van der Waals surface area contributed by atoms with E-state index in [0.29, 0.717) is 6.04 Å². The smallest absolute Gasteiger partial charge is 0.0293 e. The molecule has 0 spiro atoms. The zero-order chi connectivity index (χ0) is 12.0. The fourth-order valence-electron chi connectivity index (χ4n) is 1.50. The van der Waals surface area contributed by atoms with Crippen LogP contribution in [0.15, 0.2) is 24.5 Å². The third-order valence-electron chi connectivity index (χ3n) is 2.44. The van der Waals surface area contributed by atoms with Gasteiger partial charge in [0.15, 0.2) is 0 Å². The topological polar surface area (TPSA) is 37.0 Å². The van der Waals surface area contributed by atoms with Crippen LogP contribution in [0, 0.1) is 0 Å². The maximum Gasteiger partial charge on any atom is 0.0293 e. The van der Waals surface area contributed by atoms with Crippen molar-refractivity contribution in [3.05, 3.63) is 30.1 Å². The van der Waals surface area contributed by atoms with Crippen LogP contribution in [0.5, 0.6) is 0 Å². The molecule has 0 unspecified atom stereocenters. The molecule has 90 valence electrons. The van der Waals surface area contributed by atoms with Crippen molar-refractivity contribution < 1.29 is 0 Å². The van der Waals surface area contributed by atoms with E-state index in [1.54, 1.807) is 0 Å². The van der Waals surface area contributed by atoms with E-state index in [4.69, 9.17) is 0 Å². The second-order valence-electron chi connectivity index (χ2n) is 5.13. The van der Waals surface area contributed by atoms with Gasteiger partial charge in [0, 0.05) is 37.1 Å². The van der Waals surface area contributed by atoms with E-state index in [1.165, 1.54) is 5.56 Å². The zero-order valence-corrected chi connectivity index (χ0v) is 10.7. The number of rotatable bonds is 5. The Bertz CT molecular complexity index is 290. The highest BCUT2D eigenvalue weighted by atomic mass is 15.0. The fourth-order valence-corrected chi connectivity index (χ4v) is 1.50. The number of hydrogen-bond donors (Lipinski definition) is 2. The molecule has 0 bridgehead atoms. The van der Waals surface area contributed by atoms with E-state index in [1.807, 2.05) is 12.4 Å². The van der Waals surface area contributed by atoms with E-state index in [9.17, 15) is 0 Å². The number of pyridine rings is 1. The first-order valence-corrected chi connectivity index (χ1v) is 5.87. The molecule has 0 saturated heterocycles. The van der Waals surface area contributed by atoms with Crippen molar-refractivity contribution in [3.63, 3.8) is 0 Å². The predicted molar refractivity (Wildman–Crippen MR) is 68.4 cm³/mol. The minimum Gasteiger partial charge on any atom is -0.311 e. The summed E-state index contributed by atoms with van der Waals surface area (Å²) >= 11 is 0. The van der Waals surface area contributed by atoms with Gasteiger partial charge in [-0.1, -0.05) is 0 Å². The summed E-state index contributed by atoms with van der Waals surface area (Å²) in [6.07, 6.45) is 3.67. The van der Waals surface area contributed by atoms with E-state index in [-0.39, 0.29) is 5.54 Å². The Hall–Kier alpha value is -0.930. The highest BCUT2D eigenvalue weighted by Crippen LogP contribution is 2.09. The monoisotopic (exact) mass is 221 g/mol. The summed E-state index contributed by atoms with van der Waals surface area (Å²) in [6.45, 7) is 10.7. The molecule has 0 radical (unpaired) electrons. The third-order valence-corrected chi connectivity index (χ3v) is 2.44. The van der Waals surface area contributed by atoms with Crippen LogP contribution in [0.1, 0.15) is 39.3 Å². The van der Waals surface area contributed by atoms with Crippen molar-refractivity contribution in [2.24, 2.45) is 0 Å². The standard InChI is InChI=1S/C13H23N3/c1-11(12-5-7-14-8-6-12)15-9-10-16-13(2,3)4/h5-8,11,15-16H,9-10H2,1-4H3/t11-/m1/s1. The molecule has 0 saturated carbocycles. The van der Waals surface area contributed by atoms with Gasteiger partial charge < -0.3 is 10.6 Å². The van der Waals surface area contributed by atoms with E-state index in [2.05, 4.69) is 55.4 Å². The minimum absolute atomic E-state index is 0.196. The number of nitrogens with one attached hydrogen (secondary N) is 2. The molecule has 3 nitrogen and oxygen atoms in total. The molecule has 2 N–H and O–H groups in total. The molecule has 0 aliphatic carbocycles. The van der Waals surface area contributed by atoms with Crippen LogP contribution in [-0.4, -0.2) is 23.6 Å². The molecule has 0 aromatic carbocycles. The molecule has 16 heavy (non-hydrogen) atoms. The van der Waals surface area contributed by atoms with Crippen LogP contribution in [-0.2, 0) is 0 Å². The highest BCUT2D eigenvalue weighted by molar-refractivity contribution is 5.13. The van der Waals surface area contributed by atoms with Crippen molar-refractivity contribution in [1.29, 1.82) is 0 Å². The van der Waals surface area contributed by atoms with Gasteiger partial charge in [0.05, 0.1) is 0 Å². The Balaban J connectivity index is 2.24. The second-order valence-corrected chi connectivity index (χ2v) is 5.13. The Morgan fingerprint density at radius 1 is 1.19 bits per heavy atom. The number of aromatic nitrogens is 1. The molecular formula is C13H23N3. The van der Waals surface area contributed by atoms with E-state index < -0.39 is 0 Å². The van der Waals surface area contributed by atoms with Crippen LogP contribution in [0.3, 0.4) is 0 Å². The molecule has 1 aromatic rings. The molecule has 0 aliphatic heterocycles. The lowest BCUT2D eigenvalue weighted by Crippen LogP contribution is -2.40. The Morgan fingerprint density at radius 2 is 1.81 bits per heavy atom. The summed E-state index contributed by atoms with van der Waals surface area (Å²) in [4.78, 5) is 4.02. The van der Waals surface area contributed by atoms with Gasteiger partial charge in [-0.15, -0.1) is 0 Å². The van der Waals surface area contributed by atoms with Gasteiger partial charge in [-0.25, -0.2) is 0 Å². The second kappa shape index (κ2) is 5.97. The molecule has 0 aliphatic rings. The highest BCUT2D eigenvalue weighted by Gasteiger charge is 2.08. The van der Waals surface area contributed by atoms with Gasteiger partial charge in [-0.2, -0.15) is 0 Å². The lowest BCUT2D eigenvalue weighted by Gasteiger charge is -2.21. The van der Waals surface area contributed by atoms with Crippen LogP contribution in [0.2, 0.25) is 0 Å². The zero-order valence-electron chi connectivity index (χ0n) is 10.7. The van der Waals surface area contributed by atoms with Crippen LogP contribution in [0.25, 0.3) is 0 Å². The quantitative estimate of drug-likeness (QED) is 0.748. The van der Waals surface area contributed by atoms with Gasteiger partial charge in [0.25, 0.3) is 0 Å². The summed E-state index contributed by atoms with van der Waals surface area (Å²) in [5.41, 5.74) is 1.48. The Labute approximate surface area is 98.7 Å². The molecule has 3 heteroatoms. The maximum absolute atomic E-state index is 4.02. The lowest BCUT2D eigenvalue weighted by atomic mass is 10.1. The maximum atomic E-state index is 4.02. The predicted octanol–water partition coefficient (Wildman–Crippen LogP) is 2.12. The van der Waals surface area contributed by atoms with Crippen molar-refractivity contribution in [3.8, 4) is 0 Å². The SMILES string of the molecule is C[C@@H](NCCNC(C)(C)C)c1ccncc1. The number of nitrogens with zero attached hydrogens (tertiary/aromatic N) is 1. The van der Waals surface area contributed by atoms with Crippen molar-refractivity contribution in [2.75, 3.05) is 13.1 Å². The lowest BCUT2D eigenvalue weighted by molar-refractivity contribution is 0.414. The summed E-state index contributed by atoms with van der Waals surface area (Å²) in [6, 6.07) is 4.48. The van der Waals surface area contributed by atoms with E-state index >= 15 is 0 Å². The summed E-state index contributed by atoms with van der Waals surface area (Å²) in [5, 5.41) is 6.94. The Kier molecular flexibility index (Phi) is 4.90. The minimum atomic E-state index is 0.196. The Morgan fingerprint density at radius 3 is 2.38 bits per heavy atom. The fraction of sp³-hybridized carbons (Fsp3) is 0.615. The van der Waals surface area contributed by atoms with Crippen molar-refractivity contribution in [2.45, 2.75) is 39.3 Å². The molecule has 1 aromatic heterocycles. The van der Waals surface area contributed by atoms with E-state index in [0.717, 1.165) is 13.1 Å². The van der Waals surface area contributed by atoms with Gasteiger partial charge in [0.2, 0.25) is 0 Å². The van der Waals surface area contributed by atoms with Gasteiger partial charge >= 0.3 is 0 Å². The molecule has 1 rings (SSSR count).